The number of rotatable bonds is 5. The molecule has 154 valence electrons. The normalized spacial score (nSPS) is 16.4. The van der Waals surface area contributed by atoms with Gasteiger partial charge in [0.1, 0.15) is 0 Å². The summed E-state index contributed by atoms with van der Waals surface area (Å²) in [6.45, 7) is 6.26. The van der Waals surface area contributed by atoms with Gasteiger partial charge in [-0.15, -0.1) is 10.2 Å². The smallest absolute Gasteiger partial charge is 0.235 e. The first-order valence-electron chi connectivity index (χ1n) is 10.1. The van der Waals surface area contributed by atoms with Gasteiger partial charge in [0.15, 0.2) is 5.16 Å². The molecule has 6 nitrogen and oxygen atoms in total. The van der Waals surface area contributed by atoms with E-state index in [-0.39, 0.29) is 11.2 Å². The molecule has 1 fully saturated rings. The van der Waals surface area contributed by atoms with Gasteiger partial charge in [0.05, 0.1) is 15.5 Å². The van der Waals surface area contributed by atoms with Gasteiger partial charge in [0.2, 0.25) is 10.9 Å². The van der Waals surface area contributed by atoms with Crippen molar-refractivity contribution in [2.24, 2.45) is 0 Å². The van der Waals surface area contributed by atoms with E-state index < -0.39 is 0 Å². The monoisotopic (exact) mass is 437 g/mol. The van der Waals surface area contributed by atoms with Gasteiger partial charge in [-0.3, -0.25) is 14.1 Å². The molecule has 5 rings (SSSR count). The molecule has 4 aromatic rings. The Morgan fingerprint density at radius 3 is 2.57 bits per heavy atom. The number of para-hydroxylation sites is 1. The van der Waals surface area contributed by atoms with E-state index in [1.54, 1.807) is 11.3 Å². The first kappa shape index (κ1) is 19.5. The number of aromatic nitrogens is 3. The van der Waals surface area contributed by atoms with Crippen molar-refractivity contribution in [2.75, 3.05) is 26.2 Å². The zero-order valence-corrected chi connectivity index (χ0v) is 18.4. The number of carbonyl (C=O) groups is 1. The number of nitrogens with zero attached hydrogens (tertiary/aromatic N) is 5. The summed E-state index contributed by atoms with van der Waals surface area (Å²) < 4.78 is 3.24. The fourth-order valence-corrected chi connectivity index (χ4v) is 5.83. The van der Waals surface area contributed by atoms with Crippen LogP contribution in [0.15, 0.2) is 59.8 Å². The molecule has 30 heavy (non-hydrogen) atoms. The van der Waals surface area contributed by atoms with Crippen LogP contribution in [0.1, 0.15) is 12.5 Å². The first-order chi connectivity index (χ1) is 14.7. The fraction of sp³-hybridized carbons (Fsp3) is 0.318. The van der Waals surface area contributed by atoms with Crippen molar-refractivity contribution in [3.63, 3.8) is 0 Å². The molecule has 1 aliphatic rings. The Kier molecular flexibility index (Phi) is 5.45. The van der Waals surface area contributed by atoms with Gasteiger partial charge in [-0.25, -0.2) is 0 Å². The van der Waals surface area contributed by atoms with Crippen LogP contribution >= 0.6 is 23.1 Å². The van der Waals surface area contributed by atoms with Crippen LogP contribution in [-0.2, 0) is 11.3 Å². The third kappa shape index (κ3) is 3.82. The van der Waals surface area contributed by atoms with Gasteiger partial charge < -0.3 is 4.90 Å². The number of thiazole rings is 1. The van der Waals surface area contributed by atoms with Gasteiger partial charge in [-0.1, -0.05) is 65.6 Å². The third-order valence-corrected chi connectivity index (χ3v) is 7.52. The van der Waals surface area contributed by atoms with E-state index in [4.69, 9.17) is 0 Å². The highest BCUT2D eigenvalue weighted by atomic mass is 32.2. The zero-order chi connectivity index (χ0) is 20.5. The maximum absolute atomic E-state index is 13.1. The highest BCUT2D eigenvalue weighted by Gasteiger charge is 2.27. The number of carbonyl (C=O) groups excluding carboxylic acids is 1. The summed E-state index contributed by atoms with van der Waals surface area (Å²) in [6, 6.07) is 18.7. The molecule has 0 bridgehead atoms. The molecule has 1 atom stereocenters. The van der Waals surface area contributed by atoms with Gasteiger partial charge >= 0.3 is 0 Å². The Morgan fingerprint density at radius 2 is 1.77 bits per heavy atom. The standard InChI is InChI=1S/C22H23N5OS2/c1-16(29-21-23-24-22-27(21)18-9-5-6-10-19(18)30-22)20(28)26-13-11-25(12-14-26)15-17-7-3-2-4-8-17/h2-10,16H,11-15H2,1H3/t16-/m0/s1. The molecule has 8 heteroatoms. The van der Waals surface area contributed by atoms with Crippen LogP contribution in [0, 0.1) is 0 Å². The lowest BCUT2D eigenvalue weighted by molar-refractivity contribution is -0.132. The highest BCUT2D eigenvalue weighted by molar-refractivity contribution is 8.00. The van der Waals surface area contributed by atoms with Crippen molar-refractivity contribution in [3.05, 3.63) is 60.2 Å². The number of thioether (sulfide) groups is 1. The predicted octanol–water partition coefficient (Wildman–Crippen LogP) is 3.77. The van der Waals surface area contributed by atoms with E-state index in [1.807, 2.05) is 30.0 Å². The van der Waals surface area contributed by atoms with Crippen LogP contribution in [0.3, 0.4) is 0 Å². The summed E-state index contributed by atoms with van der Waals surface area (Å²) in [6.07, 6.45) is 0. The lowest BCUT2D eigenvalue weighted by Gasteiger charge is -2.35. The van der Waals surface area contributed by atoms with E-state index >= 15 is 0 Å². The molecular weight excluding hydrogens is 414 g/mol. The minimum absolute atomic E-state index is 0.177. The molecule has 3 heterocycles. The number of piperazine rings is 1. The first-order valence-corrected chi connectivity index (χ1v) is 11.8. The molecule has 2 aromatic carbocycles. The van der Waals surface area contributed by atoms with Crippen molar-refractivity contribution in [3.8, 4) is 0 Å². The molecule has 0 spiro atoms. The van der Waals surface area contributed by atoms with E-state index in [1.165, 1.54) is 22.0 Å². The molecular formula is C22H23N5OS2. The van der Waals surface area contributed by atoms with Crippen LogP contribution in [-0.4, -0.2) is 61.7 Å². The number of amides is 1. The minimum atomic E-state index is -0.197. The van der Waals surface area contributed by atoms with E-state index in [0.29, 0.717) is 0 Å². The molecule has 0 radical (unpaired) electrons. The fourth-order valence-electron chi connectivity index (χ4n) is 3.87. The minimum Gasteiger partial charge on any atom is -0.339 e. The summed E-state index contributed by atoms with van der Waals surface area (Å²) in [5, 5.41) is 9.23. The molecule has 2 aromatic heterocycles. The predicted molar refractivity (Wildman–Crippen MR) is 122 cm³/mol. The maximum Gasteiger partial charge on any atom is 0.235 e. The highest BCUT2D eigenvalue weighted by Crippen LogP contribution is 2.31. The topological polar surface area (TPSA) is 53.7 Å². The van der Waals surface area contributed by atoms with Gasteiger partial charge in [0.25, 0.3) is 0 Å². The second-order valence-corrected chi connectivity index (χ2v) is 9.83. The third-order valence-electron chi connectivity index (χ3n) is 5.47. The average molecular weight is 438 g/mol. The Labute approximate surface area is 183 Å². The van der Waals surface area contributed by atoms with Gasteiger partial charge in [-0.2, -0.15) is 0 Å². The van der Waals surface area contributed by atoms with Gasteiger partial charge in [-0.05, 0) is 24.6 Å². The van der Waals surface area contributed by atoms with Crippen LogP contribution in [0.4, 0.5) is 0 Å². The van der Waals surface area contributed by atoms with E-state index in [9.17, 15) is 4.79 Å². The molecule has 0 N–H and O–H groups in total. The van der Waals surface area contributed by atoms with Crippen LogP contribution < -0.4 is 0 Å². The SMILES string of the molecule is C[C@H](Sc1nnc2sc3ccccc3n12)C(=O)N1CCN(Cc2ccccc2)CC1. The molecule has 1 aliphatic heterocycles. The van der Waals surface area contributed by atoms with Gasteiger partial charge in [0, 0.05) is 32.7 Å². The van der Waals surface area contributed by atoms with Crippen molar-refractivity contribution in [1.82, 2.24) is 24.4 Å². The molecule has 0 saturated carbocycles. The summed E-state index contributed by atoms with van der Waals surface area (Å²) in [5.41, 5.74) is 2.42. The zero-order valence-electron chi connectivity index (χ0n) is 16.8. The number of fused-ring (bicyclic) bond motifs is 3. The summed E-state index contributed by atoms with van der Waals surface area (Å²) in [4.78, 5) is 18.3. The van der Waals surface area contributed by atoms with Crippen molar-refractivity contribution < 1.29 is 4.79 Å². The second kappa shape index (κ2) is 8.37. The molecule has 0 unspecified atom stereocenters. The Morgan fingerprint density at radius 1 is 1.03 bits per heavy atom. The molecule has 0 aliphatic carbocycles. The van der Waals surface area contributed by atoms with Crippen LogP contribution in [0.2, 0.25) is 0 Å². The second-order valence-electron chi connectivity index (χ2n) is 7.52. The maximum atomic E-state index is 13.1. The lowest BCUT2D eigenvalue weighted by Crippen LogP contribution is -2.50. The number of hydrogen-bond donors (Lipinski definition) is 0. The average Bonchev–Trinajstić information content (AvgIpc) is 3.34. The molecule has 1 amide bonds. The summed E-state index contributed by atoms with van der Waals surface area (Å²) in [5.74, 6) is 0.177. The van der Waals surface area contributed by atoms with Crippen LogP contribution in [0.25, 0.3) is 15.2 Å². The lowest BCUT2D eigenvalue weighted by atomic mass is 10.2. The Hall–Kier alpha value is -2.42. The van der Waals surface area contributed by atoms with Crippen molar-refractivity contribution in [1.29, 1.82) is 0 Å². The number of hydrogen-bond acceptors (Lipinski definition) is 6. The number of benzene rings is 2. The summed E-state index contributed by atoms with van der Waals surface area (Å²) in [7, 11) is 0. The quantitative estimate of drug-likeness (QED) is 0.445. The largest absolute Gasteiger partial charge is 0.339 e. The van der Waals surface area contributed by atoms with Crippen molar-refractivity contribution >= 4 is 44.2 Å². The summed E-state index contributed by atoms with van der Waals surface area (Å²) >= 11 is 3.12. The molecule has 1 saturated heterocycles. The Balaban J connectivity index is 1.22. The van der Waals surface area contributed by atoms with E-state index in [0.717, 1.165) is 48.4 Å². The van der Waals surface area contributed by atoms with Crippen LogP contribution in [0.5, 0.6) is 0 Å². The van der Waals surface area contributed by atoms with E-state index in [2.05, 4.69) is 55.9 Å². The van der Waals surface area contributed by atoms with Crippen molar-refractivity contribution in [2.45, 2.75) is 23.9 Å². The Bertz CT molecular complexity index is 1160.